The maximum absolute atomic E-state index is 12.6. The van der Waals surface area contributed by atoms with Gasteiger partial charge in [-0.25, -0.2) is 8.78 Å². The van der Waals surface area contributed by atoms with Crippen LogP contribution in [0.1, 0.15) is 44.3 Å². The van der Waals surface area contributed by atoms with E-state index in [-0.39, 0.29) is 18.9 Å². The molecule has 1 aromatic heterocycles. The average molecular weight is 200 g/mol. The smallest absolute Gasteiger partial charge is 0.252 e. The van der Waals surface area contributed by atoms with Gasteiger partial charge in [0.05, 0.1) is 11.7 Å². The molecule has 0 spiro atoms. The molecule has 1 aliphatic carbocycles. The van der Waals surface area contributed by atoms with Crippen molar-refractivity contribution in [2.75, 3.05) is 0 Å². The Balaban J connectivity index is 2.05. The number of aromatic nitrogens is 2. The van der Waals surface area contributed by atoms with Gasteiger partial charge in [0.25, 0.3) is 5.92 Å². The Labute approximate surface area is 81.9 Å². The van der Waals surface area contributed by atoms with E-state index in [2.05, 4.69) is 5.10 Å². The molecule has 0 aliphatic heterocycles. The first-order valence-corrected chi connectivity index (χ1v) is 4.91. The Bertz CT molecular complexity index is 323. The molecule has 1 heterocycles. The standard InChI is InChI=1S/C10H14F2N2/c1-7(2)9-3-4-14(13-9)8-5-10(11,12)6-8/h3-4,7-8H,5-6H2,1-2H3. The van der Waals surface area contributed by atoms with E-state index in [9.17, 15) is 8.78 Å². The normalized spacial score (nSPS) is 21.2. The summed E-state index contributed by atoms with van der Waals surface area (Å²) in [6, 6.07) is 1.80. The van der Waals surface area contributed by atoms with Crippen LogP contribution in [-0.2, 0) is 0 Å². The zero-order chi connectivity index (χ0) is 10.3. The lowest BCUT2D eigenvalue weighted by Gasteiger charge is -2.34. The first kappa shape index (κ1) is 9.62. The Morgan fingerprint density at radius 2 is 2.14 bits per heavy atom. The summed E-state index contributed by atoms with van der Waals surface area (Å²) in [4.78, 5) is 0. The summed E-state index contributed by atoms with van der Waals surface area (Å²) in [7, 11) is 0. The SMILES string of the molecule is CC(C)c1ccn(C2CC(F)(F)C2)n1. The van der Waals surface area contributed by atoms with Gasteiger partial charge in [-0.05, 0) is 12.0 Å². The first-order chi connectivity index (χ1) is 6.48. The average Bonchev–Trinajstić information content (AvgIpc) is 2.47. The van der Waals surface area contributed by atoms with Crippen LogP contribution in [0.3, 0.4) is 0 Å². The van der Waals surface area contributed by atoms with Crippen LogP contribution in [0.2, 0.25) is 0 Å². The third-order valence-electron chi connectivity index (χ3n) is 2.66. The fourth-order valence-corrected chi connectivity index (χ4v) is 1.68. The molecule has 0 amide bonds. The van der Waals surface area contributed by atoms with Crippen molar-refractivity contribution in [3.8, 4) is 0 Å². The van der Waals surface area contributed by atoms with Gasteiger partial charge in [-0.3, -0.25) is 4.68 Å². The van der Waals surface area contributed by atoms with Crippen LogP contribution in [0.4, 0.5) is 8.78 Å². The van der Waals surface area contributed by atoms with Crippen LogP contribution in [0, 0.1) is 0 Å². The highest BCUT2D eigenvalue weighted by Crippen LogP contribution is 2.45. The van der Waals surface area contributed by atoms with E-state index in [1.807, 2.05) is 19.9 Å². The molecule has 1 saturated carbocycles. The Kier molecular flexibility index (Phi) is 2.09. The van der Waals surface area contributed by atoms with Crippen molar-refractivity contribution >= 4 is 0 Å². The summed E-state index contributed by atoms with van der Waals surface area (Å²) in [5, 5.41) is 4.28. The number of hydrogen-bond acceptors (Lipinski definition) is 1. The zero-order valence-corrected chi connectivity index (χ0v) is 8.37. The molecule has 0 aromatic carbocycles. The summed E-state index contributed by atoms with van der Waals surface area (Å²) in [5.41, 5.74) is 0.972. The molecule has 2 rings (SSSR count). The van der Waals surface area contributed by atoms with Crippen LogP contribution >= 0.6 is 0 Å². The fraction of sp³-hybridized carbons (Fsp3) is 0.700. The summed E-state index contributed by atoms with van der Waals surface area (Å²) >= 11 is 0. The second-order valence-electron chi connectivity index (χ2n) is 4.29. The molecule has 0 atom stereocenters. The van der Waals surface area contributed by atoms with Gasteiger partial charge in [-0.2, -0.15) is 5.10 Å². The van der Waals surface area contributed by atoms with E-state index in [1.165, 1.54) is 0 Å². The third kappa shape index (κ3) is 1.65. The molecule has 1 aromatic rings. The van der Waals surface area contributed by atoms with Crippen molar-refractivity contribution in [1.29, 1.82) is 0 Å². The van der Waals surface area contributed by atoms with Gasteiger partial charge in [-0.15, -0.1) is 0 Å². The molecule has 0 saturated heterocycles. The number of rotatable bonds is 2. The quantitative estimate of drug-likeness (QED) is 0.717. The van der Waals surface area contributed by atoms with Gasteiger partial charge >= 0.3 is 0 Å². The molecule has 1 fully saturated rings. The van der Waals surface area contributed by atoms with Crippen LogP contribution in [-0.4, -0.2) is 15.7 Å². The summed E-state index contributed by atoms with van der Waals surface area (Å²) < 4.78 is 26.9. The van der Waals surface area contributed by atoms with E-state index in [0.29, 0.717) is 5.92 Å². The van der Waals surface area contributed by atoms with Gasteiger partial charge < -0.3 is 0 Å². The van der Waals surface area contributed by atoms with Gasteiger partial charge in [-0.1, -0.05) is 13.8 Å². The Hall–Kier alpha value is -0.930. The summed E-state index contributed by atoms with van der Waals surface area (Å²) in [5.74, 6) is -2.11. The lowest BCUT2D eigenvalue weighted by molar-refractivity contribution is -0.107. The van der Waals surface area contributed by atoms with Crippen LogP contribution in [0.15, 0.2) is 12.3 Å². The molecule has 0 radical (unpaired) electrons. The lowest BCUT2D eigenvalue weighted by atomic mass is 9.88. The van der Waals surface area contributed by atoms with Crippen molar-refractivity contribution in [2.45, 2.75) is 44.6 Å². The van der Waals surface area contributed by atoms with E-state index in [4.69, 9.17) is 0 Å². The predicted molar refractivity (Wildman–Crippen MR) is 49.5 cm³/mol. The third-order valence-corrected chi connectivity index (χ3v) is 2.66. The van der Waals surface area contributed by atoms with Crippen LogP contribution in [0.25, 0.3) is 0 Å². The maximum atomic E-state index is 12.6. The van der Waals surface area contributed by atoms with E-state index in [1.54, 1.807) is 10.9 Å². The van der Waals surface area contributed by atoms with Gasteiger partial charge in [0.15, 0.2) is 0 Å². The first-order valence-electron chi connectivity index (χ1n) is 4.91. The minimum absolute atomic E-state index is 0.0633. The topological polar surface area (TPSA) is 17.8 Å². The highest BCUT2D eigenvalue weighted by molar-refractivity contribution is 5.05. The van der Waals surface area contributed by atoms with Crippen molar-refractivity contribution < 1.29 is 8.78 Å². The zero-order valence-electron chi connectivity index (χ0n) is 8.37. The minimum Gasteiger partial charge on any atom is -0.269 e. The van der Waals surface area contributed by atoms with Crippen molar-refractivity contribution in [3.05, 3.63) is 18.0 Å². The molecule has 14 heavy (non-hydrogen) atoms. The fourth-order valence-electron chi connectivity index (χ4n) is 1.68. The molecule has 0 unspecified atom stereocenters. The predicted octanol–water partition coefficient (Wildman–Crippen LogP) is 2.98. The summed E-state index contributed by atoms with van der Waals surface area (Å²) in [6.07, 6.45) is 1.67. The molecular formula is C10H14F2N2. The molecular weight excluding hydrogens is 186 g/mol. The van der Waals surface area contributed by atoms with Crippen molar-refractivity contribution in [3.63, 3.8) is 0 Å². The number of hydrogen-bond donors (Lipinski definition) is 0. The van der Waals surface area contributed by atoms with Crippen molar-refractivity contribution in [2.24, 2.45) is 0 Å². The maximum Gasteiger partial charge on any atom is 0.252 e. The molecule has 4 heteroatoms. The van der Waals surface area contributed by atoms with E-state index < -0.39 is 5.92 Å². The van der Waals surface area contributed by atoms with Crippen LogP contribution < -0.4 is 0 Å². The molecule has 1 aliphatic rings. The van der Waals surface area contributed by atoms with E-state index >= 15 is 0 Å². The molecule has 2 nitrogen and oxygen atoms in total. The molecule has 0 bridgehead atoms. The molecule has 0 N–H and O–H groups in total. The lowest BCUT2D eigenvalue weighted by Crippen LogP contribution is -2.37. The second-order valence-corrected chi connectivity index (χ2v) is 4.29. The number of nitrogens with zero attached hydrogens (tertiary/aromatic N) is 2. The van der Waals surface area contributed by atoms with Crippen LogP contribution in [0.5, 0.6) is 0 Å². The Morgan fingerprint density at radius 1 is 1.50 bits per heavy atom. The number of halogens is 2. The molecule has 78 valence electrons. The minimum atomic E-state index is -2.46. The van der Waals surface area contributed by atoms with Gasteiger partial charge in [0.1, 0.15) is 0 Å². The summed E-state index contributed by atoms with van der Waals surface area (Å²) in [6.45, 7) is 4.09. The van der Waals surface area contributed by atoms with Gasteiger partial charge in [0, 0.05) is 19.0 Å². The van der Waals surface area contributed by atoms with E-state index in [0.717, 1.165) is 5.69 Å². The largest absolute Gasteiger partial charge is 0.269 e. The van der Waals surface area contributed by atoms with Crippen molar-refractivity contribution in [1.82, 2.24) is 9.78 Å². The Morgan fingerprint density at radius 3 is 2.57 bits per heavy atom. The second kappa shape index (κ2) is 3.04. The number of alkyl halides is 2. The highest BCUT2D eigenvalue weighted by atomic mass is 19.3. The monoisotopic (exact) mass is 200 g/mol. The highest BCUT2D eigenvalue weighted by Gasteiger charge is 2.46. The van der Waals surface area contributed by atoms with Gasteiger partial charge in [0.2, 0.25) is 0 Å².